The Kier molecular flexibility index (Phi) is 3.64. The first kappa shape index (κ1) is 11.9. The molecule has 0 saturated carbocycles. The van der Waals surface area contributed by atoms with Gasteiger partial charge in [-0.1, -0.05) is 12.1 Å². The Morgan fingerprint density at radius 1 is 1.35 bits per heavy atom. The lowest BCUT2D eigenvalue weighted by Crippen LogP contribution is -2.03. The van der Waals surface area contributed by atoms with E-state index in [1.807, 2.05) is 37.3 Å². The van der Waals surface area contributed by atoms with Crippen LogP contribution in [-0.2, 0) is 6.54 Å². The molecule has 3 nitrogen and oxygen atoms in total. The molecule has 1 heterocycles. The van der Waals surface area contributed by atoms with Gasteiger partial charge < -0.3 is 11.1 Å². The van der Waals surface area contributed by atoms with Crippen molar-refractivity contribution in [1.29, 1.82) is 0 Å². The maximum atomic E-state index is 5.73. The van der Waals surface area contributed by atoms with Gasteiger partial charge in [-0.25, -0.2) is 4.98 Å². The molecular weight excluding hydrogens is 278 g/mol. The molecule has 0 unspecified atom stereocenters. The lowest BCUT2D eigenvalue weighted by molar-refractivity contribution is 1.10. The van der Waals surface area contributed by atoms with Crippen LogP contribution in [-0.4, -0.2) is 4.98 Å². The Bertz CT molecular complexity index is 526. The minimum Gasteiger partial charge on any atom is -0.399 e. The van der Waals surface area contributed by atoms with E-state index in [9.17, 15) is 0 Å². The van der Waals surface area contributed by atoms with Crippen LogP contribution < -0.4 is 11.1 Å². The monoisotopic (exact) mass is 291 g/mol. The second kappa shape index (κ2) is 5.19. The SMILES string of the molecule is Cc1ccnc(NCc2cccc(N)c2)c1Br. The summed E-state index contributed by atoms with van der Waals surface area (Å²) in [6.07, 6.45) is 1.79. The summed E-state index contributed by atoms with van der Waals surface area (Å²) < 4.78 is 1.00. The van der Waals surface area contributed by atoms with Gasteiger partial charge in [-0.15, -0.1) is 0 Å². The van der Waals surface area contributed by atoms with Gasteiger partial charge in [0.25, 0.3) is 0 Å². The van der Waals surface area contributed by atoms with Crippen LogP contribution in [0.2, 0.25) is 0 Å². The van der Waals surface area contributed by atoms with Gasteiger partial charge in [0.15, 0.2) is 0 Å². The molecule has 0 radical (unpaired) electrons. The van der Waals surface area contributed by atoms with Gasteiger partial charge >= 0.3 is 0 Å². The van der Waals surface area contributed by atoms with E-state index in [0.717, 1.165) is 27.1 Å². The second-order valence-corrected chi connectivity index (χ2v) is 4.68. The number of anilines is 2. The summed E-state index contributed by atoms with van der Waals surface area (Å²) in [6, 6.07) is 9.79. The number of halogens is 1. The number of nitrogen functional groups attached to an aromatic ring is 1. The molecule has 0 aliphatic heterocycles. The van der Waals surface area contributed by atoms with E-state index in [2.05, 4.69) is 26.2 Å². The molecule has 0 saturated heterocycles. The van der Waals surface area contributed by atoms with Crippen molar-refractivity contribution < 1.29 is 0 Å². The van der Waals surface area contributed by atoms with Crippen LogP contribution in [0.1, 0.15) is 11.1 Å². The fourth-order valence-electron chi connectivity index (χ4n) is 1.55. The Morgan fingerprint density at radius 3 is 2.94 bits per heavy atom. The predicted molar refractivity (Wildman–Crippen MR) is 74.9 cm³/mol. The first-order valence-electron chi connectivity index (χ1n) is 5.36. The average Bonchev–Trinajstić information content (AvgIpc) is 2.31. The number of hydrogen-bond donors (Lipinski definition) is 2. The van der Waals surface area contributed by atoms with E-state index in [1.165, 1.54) is 0 Å². The number of aromatic nitrogens is 1. The van der Waals surface area contributed by atoms with Crippen molar-refractivity contribution in [2.75, 3.05) is 11.1 Å². The summed E-state index contributed by atoms with van der Waals surface area (Å²) in [5.74, 6) is 0.854. The molecule has 4 heteroatoms. The average molecular weight is 292 g/mol. The molecule has 0 spiro atoms. The van der Waals surface area contributed by atoms with Crippen molar-refractivity contribution in [2.45, 2.75) is 13.5 Å². The van der Waals surface area contributed by atoms with E-state index < -0.39 is 0 Å². The number of nitrogens with two attached hydrogens (primary N) is 1. The fraction of sp³-hybridized carbons (Fsp3) is 0.154. The molecule has 0 amide bonds. The molecule has 3 N–H and O–H groups in total. The Hall–Kier alpha value is -1.55. The normalized spacial score (nSPS) is 10.2. The summed E-state index contributed by atoms with van der Waals surface area (Å²) in [6.45, 7) is 2.75. The van der Waals surface area contributed by atoms with Crippen LogP contribution in [0.3, 0.4) is 0 Å². The van der Waals surface area contributed by atoms with Crippen molar-refractivity contribution >= 4 is 27.4 Å². The molecule has 0 bridgehead atoms. The highest BCUT2D eigenvalue weighted by molar-refractivity contribution is 9.10. The number of rotatable bonds is 3. The third-order valence-electron chi connectivity index (χ3n) is 2.49. The quantitative estimate of drug-likeness (QED) is 0.853. The highest BCUT2D eigenvalue weighted by Crippen LogP contribution is 2.23. The van der Waals surface area contributed by atoms with Crippen molar-refractivity contribution in [1.82, 2.24) is 4.98 Å². The number of pyridine rings is 1. The first-order valence-corrected chi connectivity index (χ1v) is 6.15. The van der Waals surface area contributed by atoms with Crippen molar-refractivity contribution in [3.05, 3.63) is 52.1 Å². The summed E-state index contributed by atoms with van der Waals surface area (Å²) in [4.78, 5) is 4.29. The van der Waals surface area contributed by atoms with Crippen molar-refractivity contribution in [3.8, 4) is 0 Å². The third kappa shape index (κ3) is 2.97. The maximum absolute atomic E-state index is 5.73. The standard InChI is InChI=1S/C13H14BrN3/c1-9-5-6-16-13(12(9)14)17-8-10-3-2-4-11(15)7-10/h2-7H,8,15H2,1H3,(H,16,17). The Morgan fingerprint density at radius 2 is 2.18 bits per heavy atom. The molecular formula is C13H14BrN3. The van der Waals surface area contributed by atoms with Crippen LogP contribution in [0.5, 0.6) is 0 Å². The smallest absolute Gasteiger partial charge is 0.140 e. The third-order valence-corrected chi connectivity index (χ3v) is 3.49. The van der Waals surface area contributed by atoms with Gasteiger partial charge in [0.2, 0.25) is 0 Å². The van der Waals surface area contributed by atoms with Crippen molar-refractivity contribution in [3.63, 3.8) is 0 Å². The molecule has 0 fully saturated rings. The highest BCUT2D eigenvalue weighted by Gasteiger charge is 2.03. The predicted octanol–water partition coefficient (Wildman–Crippen LogP) is 3.35. The number of hydrogen-bond acceptors (Lipinski definition) is 3. The molecule has 2 aromatic rings. The Labute approximate surface area is 109 Å². The van der Waals surface area contributed by atoms with Gasteiger partial charge in [-0.3, -0.25) is 0 Å². The first-order chi connectivity index (χ1) is 8.16. The number of aryl methyl sites for hydroxylation is 1. The molecule has 2 rings (SSSR count). The maximum Gasteiger partial charge on any atom is 0.140 e. The van der Waals surface area contributed by atoms with E-state index >= 15 is 0 Å². The zero-order valence-corrected chi connectivity index (χ0v) is 11.2. The zero-order valence-electron chi connectivity index (χ0n) is 9.57. The summed E-state index contributed by atoms with van der Waals surface area (Å²) in [7, 11) is 0. The summed E-state index contributed by atoms with van der Waals surface area (Å²) in [5.41, 5.74) is 8.81. The van der Waals surface area contributed by atoms with Gasteiger partial charge in [0, 0.05) is 18.4 Å². The molecule has 1 aromatic heterocycles. The number of benzene rings is 1. The second-order valence-electron chi connectivity index (χ2n) is 3.89. The van der Waals surface area contributed by atoms with Crippen LogP contribution in [0.4, 0.5) is 11.5 Å². The summed E-state index contributed by atoms with van der Waals surface area (Å²) in [5, 5.41) is 3.28. The summed E-state index contributed by atoms with van der Waals surface area (Å²) >= 11 is 3.52. The molecule has 0 aliphatic carbocycles. The van der Waals surface area contributed by atoms with E-state index in [4.69, 9.17) is 5.73 Å². The lowest BCUT2D eigenvalue weighted by Gasteiger charge is -2.09. The van der Waals surface area contributed by atoms with Gasteiger partial charge in [0.05, 0.1) is 4.47 Å². The molecule has 17 heavy (non-hydrogen) atoms. The number of nitrogens with one attached hydrogen (secondary N) is 1. The molecule has 1 aromatic carbocycles. The van der Waals surface area contributed by atoms with Gasteiger partial charge in [-0.05, 0) is 52.2 Å². The van der Waals surface area contributed by atoms with E-state index in [-0.39, 0.29) is 0 Å². The number of nitrogens with zero attached hydrogens (tertiary/aromatic N) is 1. The van der Waals surface area contributed by atoms with E-state index in [0.29, 0.717) is 6.54 Å². The topological polar surface area (TPSA) is 50.9 Å². The largest absolute Gasteiger partial charge is 0.399 e. The van der Waals surface area contributed by atoms with E-state index in [1.54, 1.807) is 6.20 Å². The molecule has 88 valence electrons. The highest BCUT2D eigenvalue weighted by atomic mass is 79.9. The van der Waals surface area contributed by atoms with Crippen LogP contribution in [0.15, 0.2) is 41.0 Å². The molecule has 0 atom stereocenters. The zero-order chi connectivity index (χ0) is 12.3. The van der Waals surface area contributed by atoms with Gasteiger partial charge in [-0.2, -0.15) is 0 Å². The van der Waals surface area contributed by atoms with Crippen molar-refractivity contribution in [2.24, 2.45) is 0 Å². The van der Waals surface area contributed by atoms with Gasteiger partial charge in [0.1, 0.15) is 5.82 Å². The van der Waals surface area contributed by atoms with Crippen LogP contribution in [0, 0.1) is 6.92 Å². The minimum absolute atomic E-state index is 0.708. The Balaban J connectivity index is 2.10. The lowest BCUT2D eigenvalue weighted by atomic mass is 10.2. The van der Waals surface area contributed by atoms with Crippen LogP contribution in [0.25, 0.3) is 0 Å². The minimum atomic E-state index is 0.708. The van der Waals surface area contributed by atoms with Crippen LogP contribution >= 0.6 is 15.9 Å². The fourth-order valence-corrected chi connectivity index (χ4v) is 1.93. The molecule has 0 aliphatic rings.